The molecule has 0 bridgehead atoms. The maximum atomic E-state index is 13.2. The summed E-state index contributed by atoms with van der Waals surface area (Å²) in [5.74, 6) is -1.28. The summed E-state index contributed by atoms with van der Waals surface area (Å²) in [7, 11) is 0. The van der Waals surface area contributed by atoms with E-state index in [1.165, 1.54) is 0 Å². The molecule has 1 saturated carbocycles. The van der Waals surface area contributed by atoms with E-state index in [1.54, 1.807) is 19.3 Å². The number of carbonyl (C=O) groups excluding carboxylic acids is 2. The van der Waals surface area contributed by atoms with Crippen LogP contribution in [0.25, 0.3) is 0 Å². The second-order valence-electron chi connectivity index (χ2n) is 8.25. The van der Waals surface area contributed by atoms with E-state index in [9.17, 15) is 9.59 Å². The van der Waals surface area contributed by atoms with E-state index in [0.29, 0.717) is 37.3 Å². The van der Waals surface area contributed by atoms with Crippen molar-refractivity contribution in [3.05, 3.63) is 41.4 Å². The fraction of sp³-hybridized carbons (Fsp3) is 0.545. The molecule has 29 heavy (non-hydrogen) atoms. The second kappa shape index (κ2) is 8.97. The van der Waals surface area contributed by atoms with Crippen LogP contribution in [0.4, 0.5) is 0 Å². The fourth-order valence-electron chi connectivity index (χ4n) is 4.24. The van der Waals surface area contributed by atoms with E-state index in [-0.39, 0.29) is 24.4 Å². The average molecular weight is 399 g/mol. The molecule has 0 spiro atoms. The Balaban J connectivity index is 2.15. The summed E-state index contributed by atoms with van der Waals surface area (Å²) >= 11 is 0. The van der Waals surface area contributed by atoms with Gasteiger partial charge in [-0.1, -0.05) is 13.8 Å². The van der Waals surface area contributed by atoms with Crippen molar-refractivity contribution in [2.24, 2.45) is 22.1 Å². The van der Waals surface area contributed by atoms with Gasteiger partial charge in [0, 0.05) is 37.0 Å². The number of nitrogens with two attached hydrogens (primary N) is 1. The molecule has 1 aromatic rings. The van der Waals surface area contributed by atoms with Crippen molar-refractivity contribution in [1.82, 2.24) is 4.98 Å². The third kappa shape index (κ3) is 4.62. The molecule has 1 aliphatic heterocycles. The minimum absolute atomic E-state index is 0.102. The van der Waals surface area contributed by atoms with E-state index in [1.807, 2.05) is 12.1 Å². The van der Waals surface area contributed by atoms with Gasteiger partial charge in [-0.05, 0) is 36.5 Å². The zero-order valence-electron chi connectivity index (χ0n) is 17.3. The van der Waals surface area contributed by atoms with Crippen molar-refractivity contribution in [2.75, 3.05) is 26.4 Å². The van der Waals surface area contributed by atoms with Crippen LogP contribution in [0.15, 0.2) is 40.8 Å². The zero-order valence-corrected chi connectivity index (χ0v) is 17.3. The summed E-state index contributed by atoms with van der Waals surface area (Å²) in [5, 5.41) is 0. The summed E-state index contributed by atoms with van der Waals surface area (Å²) in [4.78, 5) is 35.0. The summed E-state index contributed by atoms with van der Waals surface area (Å²) in [6, 6.07) is 3.69. The molecule has 7 nitrogen and oxygen atoms in total. The van der Waals surface area contributed by atoms with Crippen LogP contribution in [-0.2, 0) is 19.1 Å². The Kier molecular flexibility index (Phi) is 6.59. The van der Waals surface area contributed by atoms with Crippen LogP contribution in [0.3, 0.4) is 0 Å². The van der Waals surface area contributed by atoms with Crippen LogP contribution >= 0.6 is 0 Å². The number of carbonyl (C=O) groups is 2. The van der Waals surface area contributed by atoms with Gasteiger partial charge in [0.2, 0.25) is 0 Å². The number of fused-ring (bicyclic) bond motifs is 1. The van der Waals surface area contributed by atoms with Crippen LogP contribution in [0.5, 0.6) is 0 Å². The van der Waals surface area contributed by atoms with Gasteiger partial charge in [-0.25, -0.2) is 4.79 Å². The number of esters is 1. The van der Waals surface area contributed by atoms with Gasteiger partial charge >= 0.3 is 5.97 Å². The third-order valence-electron chi connectivity index (χ3n) is 5.31. The Morgan fingerprint density at radius 2 is 1.97 bits per heavy atom. The van der Waals surface area contributed by atoms with Crippen molar-refractivity contribution in [2.45, 2.75) is 39.5 Å². The molecule has 1 aromatic heterocycles. The molecule has 7 heteroatoms. The van der Waals surface area contributed by atoms with Crippen molar-refractivity contribution >= 4 is 17.5 Å². The summed E-state index contributed by atoms with van der Waals surface area (Å²) in [5.41, 5.74) is 7.97. The smallest absolute Gasteiger partial charge is 0.336 e. The van der Waals surface area contributed by atoms with Crippen LogP contribution < -0.4 is 5.73 Å². The molecule has 0 aromatic carbocycles. The Labute approximate surface area is 171 Å². The first-order valence-electron chi connectivity index (χ1n) is 10.1. The summed E-state index contributed by atoms with van der Waals surface area (Å²) < 4.78 is 11.0. The molecule has 0 saturated heterocycles. The highest BCUT2D eigenvalue weighted by molar-refractivity contribution is 6.12. The van der Waals surface area contributed by atoms with Crippen molar-refractivity contribution in [3.63, 3.8) is 0 Å². The first-order chi connectivity index (χ1) is 13.9. The van der Waals surface area contributed by atoms with Gasteiger partial charge in [0.25, 0.3) is 0 Å². The Morgan fingerprint density at radius 1 is 1.24 bits per heavy atom. The molecule has 1 fully saturated rings. The molecule has 0 amide bonds. The molecule has 2 aliphatic rings. The molecular weight excluding hydrogens is 370 g/mol. The quantitative estimate of drug-likeness (QED) is 0.558. The summed E-state index contributed by atoms with van der Waals surface area (Å²) in [6.07, 6.45) is 4.49. The van der Waals surface area contributed by atoms with Crippen LogP contribution in [0.2, 0.25) is 0 Å². The van der Waals surface area contributed by atoms with E-state index in [0.717, 1.165) is 11.3 Å². The number of hydrogen-bond acceptors (Lipinski definition) is 7. The Morgan fingerprint density at radius 3 is 2.62 bits per heavy atom. The number of nitrogens with zero attached hydrogens (tertiary/aromatic N) is 2. The van der Waals surface area contributed by atoms with Crippen LogP contribution in [0.1, 0.15) is 45.1 Å². The number of ketones is 1. The lowest BCUT2D eigenvalue weighted by Crippen LogP contribution is -2.44. The number of rotatable bonds is 7. The minimum atomic E-state index is -0.469. The van der Waals surface area contributed by atoms with E-state index in [4.69, 9.17) is 20.2 Å². The number of Topliss-reactive ketones (excluding diaryl/α,β-unsaturated/α-hetero) is 1. The SMILES string of the molecule is CCOC(=O)C1=C(COCCN)N=C2CC(C)(C)CC(=O)C2C1c1ccncc1. The number of pyridine rings is 1. The van der Waals surface area contributed by atoms with Gasteiger partial charge in [0.1, 0.15) is 5.78 Å². The van der Waals surface area contributed by atoms with Gasteiger partial charge in [0.05, 0.1) is 37.0 Å². The average Bonchev–Trinajstić information content (AvgIpc) is 2.67. The molecule has 2 atom stereocenters. The van der Waals surface area contributed by atoms with Crippen molar-refractivity contribution in [1.29, 1.82) is 0 Å². The van der Waals surface area contributed by atoms with E-state index >= 15 is 0 Å². The number of hydrogen-bond donors (Lipinski definition) is 1. The predicted molar refractivity (Wildman–Crippen MR) is 109 cm³/mol. The fourth-order valence-corrected chi connectivity index (χ4v) is 4.24. The lowest BCUT2D eigenvalue weighted by molar-refractivity contribution is -0.139. The van der Waals surface area contributed by atoms with Crippen LogP contribution in [0, 0.1) is 11.3 Å². The normalized spacial score (nSPS) is 23.4. The van der Waals surface area contributed by atoms with Gasteiger partial charge in [-0.2, -0.15) is 0 Å². The molecule has 2 unspecified atom stereocenters. The molecule has 2 N–H and O–H groups in total. The van der Waals surface area contributed by atoms with E-state index < -0.39 is 17.8 Å². The molecule has 1 aliphatic carbocycles. The predicted octanol–water partition coefficient (Wildman–Crippen LogP) is 2.42. The number of aromatic nitrogens is 1. The van der Waals surface area contributed by atoms with Crippen LogP contribution in [-0.4, -0.2) is 48.8 Å². The van der Waals surface area contributed by atoms with Gasteiger partial charge < -0.3 is 15.2 Å². The monoisotopic (exact) mass is 399 g/mol. The first-order valence-corrected chi connectivity index (χ1v) is 10.1. The van der Waals surface area contributed by atoms with Gasteiger partial charge in [-0.15, -0.1) is 0 Å². The summed E-state index contributed by atoms with van der Waals surface area (Å²) in [6.45, 7) is 7.03. The lowest BCUT2D eigenvalue weighted by atomic mass is 9.63. The standard InChI is InChI=1S/C22H29N3O4/c1-4-29-21(27)20-16(13-28-10-7-23)25-15-11-22(2,3)12-17(26)19(15)18(20)14-5-8-24-9-6-14/h5-6,8-9,18-19H,4,7,10-13,23H2,1-3H3. The molecular formula is C22H29N3O4. The minimum Gasteiger partial charge on any atom is -0.463 e. The largest absolute Gasteiger partial charge is 0.463 e. The number of ether oxygens (including phenoxy) is 2. The van der Waals surface area contributed by atoms with E-state index in [2.05, 4.69) is 18.8 Å². The van der Waals surface area contributed by atoms with Gasteiger partial charge in [-0.3, -0.25) is 14.8 Å². The molecule has 0 radical (unpaired) electrons. The molecule has 2 heterocycles. The highest BCUT2D eigenvalue weighted by Crippen LogP contribution is 2.46. The highest BCUT2D eigenvalue weighted by Gasteiger charge is 2.48. The number of aliphatic imine (C=N–C) groups is 1. The highest BCUT2D eigenvalue weighted by atomic mass is 16.5. The Hall–Kier alpha value is -2.38. The van der Waals surface area contributed by atoms with Crippen molar-refractivity contribution in [3.8, 4) is 0 Å². The molecule has 3 rings (SSSR count). The molecule has 156 valence electrons. The van der Waals surface area contributed by atoms with Crippen molar-refractivity contribution < 1.29 is 19.1 Å². The maximum Gasteiger partial charge on any atom is 0.336 e. The van der Waals surface area contributed by atoms with Gasteiger partial charge in [0.15, 0.2) is 0 Å². The maximum absolute atomic E-state index is 13.2. The second-order valence-corrected chi connectivity index (χ2v) is 8.25. The zero-order chi connectivity index (χ0) is 21.0. The first kappa shape index (κ1) is 21.3. The third-order valence-corrected chi connectivity index (χ3v) is 5.31. The topological polar surface area (TPSA) is 104 Å². The Bertz CT molecular complexity index is 830. The lowest BCUT2D eigenvalue weighted by Gasteiger charge is -2.41.